The first kappa shape index (κ1) is 22.4. The van der Waals surface area contributed by atoms with Gasteiger partial charge >= 0.3 is 5.97 Å². The van der Waals surface area contributed by atoms with Crippen molar-refractivity contribution in [1.82, 2.24) is 0 Å². The molecule has 0 aliphatic heterocycles. The van der Waals surface area contributed by atoms with Crippen molar-refractivity contribution in [3.8, 4) is 28.0 Å². The average Bonchev–Trinajstić information content (AvgIpc) is 2.86. The highest BCUT2D eigenvalue weighted by Gasteiger charge is 2.11. The van der Waals surface area contributed by atoms with Gasteiger partial charge in [-0.3, -0.25) is 0 Å². The predicted octanol–water partition coefficient (Wildman–Crippen LogP) is 5.87. The van der Waals surface area contributed by atoms with Crippen molar-refractivity contribution in [2.75, 3.05) is 13.2 Å². The Morgan fingerprint density at radius 3 is 1.73 bits per heavy atom. The van der Waals surface area contributed by atoms with Crippen LogP contribution in [0.4, 0.5) is 0 Å². The maximum atomic E-state index is 12.5. The van der Waals surface area contributed by atoms with Gasteiger partial charge in [-0.1, -0.05) is 66.2 Å². The molecule has 1 aromatic heterocycles. The summed E-state index contributed by atoms with van der Waals surface area (Å²) in [6.45, 7) is 6.15. The summed E-state index contributed by atoms with van der Waals surface area (Å²) in [7, 11) is 0. The van der Waals surface area contributed by atoms with Gasteiger partial charge in [0.25, 0.3) is 0 Å². The standard InChI is InChI=1S/C29H28NO3/c1-3-32-21-20-30-18-16-27(17-19-30)29(31)33-28-14-12-26(13-15-28)25-10-8-24(9-11-25)23-6-4-22(2)5-7-23/h4-19H,3,20-21H2,1-2H3/q+1. The van der Waals surface area contributed by atoms with E-state index in [1.807, 2.05) is 48.1 Å². The zero-order valence-corrected chi connectivity index (χ0v) is 19.0. The van der Waals surface area contributed by atoms with Crippen LogP contribution in [-0.2, 0) is 11.3 Å². The quantitative estimate of drug-likeness (QED) is 0.149. The topological polar surface area (TPSA) is 39.4 Å². The first-order valence-corrected chi connectivity index (χ1v) is 11.2. The maximum Gasteiger partial charge on any atom is 0.343 e. The molecule has 0 saturated carbocycles. The summed E-state index contributed by atoms with van der Waals surface area (Å²) in [6, 6.07) is 28.1. The van der Waals surface area contributed by atoms with E-state index in [0.717, 1.165) is 17.7 Å². The summed E-state index contributed by atoms with van der Waals surface area (Å²) in [5.74, 6) is 0.148. The van der Waals surface area contributed by atoms with E-state index in [2.05, 4.69) is 55.5 Å². The van der Waals surface area contributed by atoms with Crippen LogP contribution in [0, 0.1) is 6.92 Å². The number of rotatable bonds is 8. The molecule has 0 amide bonds. The minimum absolute atomic E-state index is 0.373. The van der Waals surface area contributed by atoms with Gasteiger partial charge in [0, 0.05) is 18.7 Å². The number of hydrogen-bond acceptors (Lipinski definition) is 3. The molecule has 4 rings (SSSR count). The summed E-state index contributed by atoms with van der Waals surface area (Å²) >= 11 is 0. The molecule has 166 valence electrons. The minimum Gasteiger partial charge on any atom is -0.423 e. The molecule has 0 saturated heterocycles. The van der Waals surface area contributed by atoms with E-state index < -0.39 is 0 Å². The molecule has 0 bridgehead atoms. The Bertz CT molecular complexity index is 1180. The number of esters is 1. The Kier molecular flexibility index (Phi) is 7.28. The molecule has 0 radical (unpaired) electrons. The molecule has 4 aromatic rings. The normalized spacial score (nSPS) is 10.7. The van der Waals surface area contributed by atoms with Crippen molar-refractivity contribution in [3.05, 3.63) is 108 Å². The Morgan fingerprint density at radius 2 is 1.21 bits per heavy atom. The number of aromatic nitrogens is 1. The molecule has 0 aliphatic carbocycles. The molecule has 3 aromatic carbocycles. The van der Waals surface area contributed by atoms with E-state index in [-0.39, 0.29) is 5.97 Å². The Morgan fingerprint density at radius 1 is 0.727 bits per heavy atom. The van der Waals surface area contributed by atoms with Gasteiger partial charge in [0.15, 0.2) is 18.9 Å². The molecular weight excluding hydrogens is 410 g/mol. The van der Waals surface area contributed by atoms with Crippen LogP contribution in [0.15, 0.2) is 97.3 Å². The van der Waals surface area contributed by atoms with E-state index in [0.29, 0.717) is 24.5 Å². The Labute approximate surface area is 195 Å². The van der Waals surface area contributed by atoms with Crippen molar-refractivity contribution >= 4 is 5.97 Å². The number of carbonyl (C=O) groups is 1. The smallest absolute Gasteiger partial charge is 0.343 e. The molecule has 0 fully saturated rings. The zero-order chi connectivity index (χ0) is 23.0. The number of benzene rings is 3. The van der Waals surface area contributed by atoms with Crippen molar-refractivity contribution in [3.63, 3.8) is 0 Å². The van der Waals surface area contributed by atoms with Gasteiger partial charge < -0.3 is 9.47 Å². The first-order valence-electron chi connectivity index (χ1n) is 11.2. The largest absolute Gasteiger partial charge is 0.423 e. The lowest BCUT2D eigenvalue weighted by atomic mass is 10.00. The van der Waals surface area contributed by atoms with E-state index in [1.54, 1.807) is 12.1 Å². The highest BCUT2D eigenvalue weighted by atomic mass is 16.5. The molecular formula is C29H28NO3+. The third kappa shape index (κ3) is 5.93. The van der Waals surface area contributed by atoms with Crippen LogP contribution in [0.2, 0.25) is 0 Å². The molecule has 0 aliphatic rings. The predicted molar refractivity (Wildman–Crippen MR) is 130 cm³/mol. The van der Waals surface area contributed by atoms with Crippen molar-refractivity contribution < 1.29 is 18.8 Å². The molecule has 0 atom stereocenters. The lowest BCUT2D eigenvalue weighted by Crippen LogP contribution is -2.35. The molecule has 33 heavy (non-hydrogen) atoms. The molecule has 4 nitrogen and oxygen atoms in total. The van der Waals surface area contributed by atoms with Crippen LogP contribution in [0.3, 0.4) is 0 Å². The number of pyridine rings is 1. The van der Waals surface area contributed by atoms with Crippen LogP contribution in [0.5, 0.6) is 5.75 Å². The third-order valence-electron chi connectivity index (χ3n) is 5.49. The molecule has 0 spiro atoms. The molecule has 0 N–H and O–H groups in total. The summed E-state index contributed by atoms with van der Waals surface area (Å²) in [6.07, 6.45) is 3.72. The van der Waals surface area contributed by atoms with Gasteiger partial charge in [-0.05, 0) is 48.2 Å². The number of hydrogen-bond donors (Lipinski definition) is 0. The number of nitrogens with zero attached hydrogens (tertiary/aromatic N) is 1. The van der Waals surface area contributed by atoms with Gasteiger partial charge in [-0.15, -0.1) is 0 Å². The van der Waals surface area contributed by atoms with E-state index >= 15 is 0 Å². The summed E-state index contributed by atoms with van der Waals surface area (Å²) < 4.78 is 12.9. The second-order valence-corrected chi connectivity index (χ2v) is 7.88. The lowest BCUT2D eigenvalue weighted by Gasteiger charge is -2.07. The average molecular weight is 439 g/mol. The zero-order valence-electron chi connectivity index (χ0n) is 19.0. The number of carbonyl (C=O) groups excluding carboxylic acids is 1. The second kappa shape index (κ2) is 10.7. The van der Waals surface area contributed by atoms with E-state index in [9.17, 15) is 4.79 Å². The fourth-order valence-electron chi connectivity index (χ4n) is 3.54. The van der Waals surface area contributed by atoms with Crippen molar-refractivity contribution in [2.24, 2.45) is 0 Å². The van der Waals surface area contributed by atoms with Crippen molar-refractivity contribution in [2.45, 2.75) is 20.4 Å². The van der Waals surface area contributed by atoms with Crippen LogP contribution in [0.25, 0.3) is 22.3 Å². The number of aryl methyl sites for hydroxylation is 1. The van der Waals surface area contributed by atoms with E-state index in [1.165, 1.54) is 16.7 Å². The van der Waals surface area contributed by atoms with Gasteiger partial charge in [-0.2, -0.15) is 0 Å². The van der Waals surface area contributed by atoms with E-state index in [4.69, 9.17) is 9.47 Å². The van der Waals surface area contributed by atoms with Gasteiger partial charge in [-0.25, -0.2) is 9.36 Å². The fraction of sp³-hybridized carbons (Fsp3) is 0.172. The summed E-state index contributed by atoms with van der Waals surface area (Å²) in [5.41, 5.74) is 6.34. The molecule has 1 heterocycles. The molecule has 0 unspecified atom stereocenters. The first-order chi connectivity index (χ1) is 16.1. The van der Waals surface area contributed by atoms with Crippen LogP contribution >= 0.6 is 0 Å². The highest BCUT2D eigenvalue weighted by Crippen LogP contribution is 2.26. The minimum atomic E-state index is -0.373. The van der Waals surface area contributed by atoms with Crippen LogP contribution in [0.1, 0.15) is 22.8 Å². The van der Waals surface area contributed by atoms with Gasteiger partial charge in [0.1, 0.15) is 12.4 Å². The highest BCUT2D eigenvalue weighted by molar-refractivity contribution is 5.90. The Hall–Kier alpha value is -3.76. The SMILES string of the molecule is CCOCC[n+]1ccc(C(=O)Oc2ccc(-c3ccc(-c4ccc(C)cc4)cc3)cc2)cc1. The maximum absolute atomic E-state index is 12.5. The van der Waals surface area contributed by atoms with Gasteiger partial charge in [0.05, 0.1) is 5.56 Å². The number of ether oxygens (including phenoxy) is 2. The Balaban J connectivity index is 1.38. The van der Waals surface area contributed by atoms with Gasteiger partial charge in [0.2, 0.25) is 0 Å². The monoisotopic (exact) mass is 438 g/mol. The fourth-order valence-corrected chi connectivity index (χ4v) is 3.54. The summed E-state index contributed by atoms with van der Waals surface area (Å²) in [5, 5.41) is 0. The van der Waals surface area contributed by atoms with Crippen molar-refractivity contribution in [1.29, 1.82) is 0 Å². The lowest BCUT2D eigenvalue weighted by molar-refractivity contribution is -0.698. The molecule has 4 heteroatoms. The second-order valence-electron chi connectivity index (χ2n) is 7.88. The summed E-state index contributed by atoms with van der Waals surface area (Å²) in [4.78, 5) is 12.5. The third-order valence-corrected chi connectivity index (χ3v) is 5.49. The van der Waals surface area contributed by atoms with Crippen LogP contribution < -0.4 is 9.30 Å². The van der Waals surface area contributed by atoms with Crippen LogP contribution in [-0.4, -0.2) is 19.2 Å².